The quantitative estimate of drug-likeness (QED) is 0.945. The highest BCUT2D eigenvalue weighted by atomic mass is 35.5. The summed E-state index contributed by atoms with van der Waals surface area (Å²) in [5.74, 6) is 0.655. The highest BCUT2D eigenvalue weighted by molar-refractivity contribution is 5.85. The Morgan fingerprint density at radius 3 is 3.00 bits per heavy atom. The Labute approximate surface area is 126 Å². The number of nitrogens with two attached hydrogens (primary N) is 1. The van der Waals surface area contributed by atoms with E-state index in [1.54, 1.807) is 0 Å². The Balaban J connectivity index is 0.00000147. The van der Waals surface area contributed by atoms with Crippen LogP contribution in [0.3, 0.4) is 0 Å². The minimum atomic E-state index is 0. The maximum Gasteiger partial charge on any atom is 0.0702 e. The molecule has 2 heterocycles. The van der Waals surface area contributed by atoms with Crippen molar-refractivity contribution in [3.05, 3.63) is 42.1 Å². The molecular weight excluding hydrogens is 270 g/mol. The fourth-order valence-corrected chi connectivity index (χ4v) is 2.92. The van der Waals surface area contributed by atoms with Crippen LogP contribution in [-0.4, -0.2) is 29.0 Å². The van der Waals surface area contributed by atoms with Gasteiger partial charge in [0.25, 0.3) is 0 Å². The molecule has 0 bridgehead atoms. The molecule has 1 aliphatic heterocycles. The molecule has 0 amide bonds. The van der Waals surface area contributed by atoms with Gasteiger partial charge in [0.1, 0.15) is 0 Å². The lowest BCUT2D eigenvalue weighted by atomic mass is 10.0. The first-order valence-electron chi connectivity index (χ1n) is 7.04. The van der Waals surface area contributed by atoms with Gasteiger partial charge in [0.15, 0.2) is 0 Å². The number of pyridine rings is 1. The monoisotopic (exact) mass is 291 g/mol. The van der Waals surface area contributed by atoms with E-state index in [0.29, 0.717) is 12.0 Å². The number of nitrogens with zero attached hydrogens (tertiary/aromatic N) is 2. The topological polar surface area (TPSA) is 42.1 Å². The van der Waals surface area contributed by atoms with Crippen molar-refractivity contribution in [2.24, 2.45) is 11.7 Å². The number of halogens is 1. The second-order valence-electron chi connectivity index (χ2n) is 5.67. The van der Waals surface area contributed by atoms with Crippen molar-refractivity contribution in [3.8, 4) is 0 Å². The van der Waals surface area contributed by atoms with E-state index in [1.807, 2.05) is 12.3 Å². The van der Waals surface area contributed by atoms with Crippen molar-refractivity contribution in [1.29, 1.82) is 0 Å². The first-order chi connectivity index (χ1) is 9.22. The smallest absolute Gasteiger partial charge is 0.0702 e. The fourth-order valence-electron chi connectivity index (χ4n) is 2.92. The lowest BCUT2D eigenvalue weighted by molar-refractivity contribution is 0.308. The SMILES string of the molecule is CC(N)C1CCN(Cc2ccc3ncccc3c2)C1.Cl. The van der Waals surface area contributed by atoms with Gasteiger partial charge in [-0.3, -0.25) is 9.88 Å². The van der Waals surface area contributed by atoms with Gasteiger partial charge in [0.2, 0.25) is 0 Å². The molecule has 1 aliphatic rings. The third-order valence-electron chi connectivity index (χ3n) is 4.13. The fraction of sp³-hybridized carbons (Fsp3) is 0.438. The Bertz CT molecular complexity index is 570. The summed E-state index contributed by atoms with van der Waals surface area (Å²) in [6, 6.07) is 11.0. The maximum atomic E-state index is 5.99. The first kappa shape index (κ1) is 15.2. The van der Waals surface area contributed by atoms with Gasteiger partial charge in [-0.05, 0) is 49.6 Å². The number of likely N-dealkylation sites (tertiary alicyclic amines) is 1. The zero-order valence-electron chi connectivity index (χ0n) is 11.8. The van der Waals surface area contributed by atoms with Crippen LogP contribution in [0, 0.1) is 5.92 Å². The normalized spacial score (nSPS) is 20.8. The van der Waals surface area contributed by atoms with E-state index >= 15 is 0 Å². The minimum absolute atomic E-state index is 0. The van der Waals surface area contributed by atoms with Gasteiger partial charge in [-0.15, -0.1) is 12.4 Å². The van der Waals surface area contributed by atoms with E-state index < -0.39 is 0 Å². The third kappa shape index (κ3) is 3.29. The van der Waals surface area contributed by atoms with Crippen molar-refractivity contribution in [3.63, 3.8) is 0 Å². The predicted molar refractivity (Wildman–Crippen MR) is 86.0 cm³/mol. The molecule has 0 aliphatic carbocycles. The maximum absolute atomic E-state index is 5.99. The van der Waals surface area contributed by atoms with Crippen molar-refractivity contribution >= 4 is 23.3 Å². The summed E-state index contributed by atoms with van der Waals surface area (Å²) < 4.78 is 0. The third-order valence-corrected chi connectivity index (χ3v) is 4.13. The van der Waals surface area contributed by atoms with Gasteiger partial charge >= 0.3 is 0 Å². The Kier molecular flexibility index (Phi) is 4.97. The van der Waals surface area contributed by atoms with Crippen LogP contribution in [0.2, 0.25) is 0 Å². The van der Waals surface area contributed by atoms with Gasteiger partial charge in [-0.1, -0.05) is 12.1 Å². The lowest BCUT2D eigenvalue weighted by Gasteiger charge is -2.18. The summed E-state index contributed by atoms with van der Waals surface area (Å²) in [6.45, 7) is 5.43. The molecule has 108 valence electrons. The summed E-state index contributed by atoms with van der Waals surface area (Å²) in [5.41, 5.74) is 8.43. The molecule has 2 N–H and O–H groups in total. The summed E-state index contributed by atoms with van der Waals surface area (Å²) >= 11 is 0. The van der Waals surface area contributed by atoms with E-state index in [-0.39, 0.29) is 12.4 Å². The summed E-state index contributed by atoms with van der Waals surface area (Å²) in [6.07, 6.45) is 3.07. The van der Waals surface area contributed by atoms with E-state index in [9.17, 15) is 0 Å². The summed E-state index contributed by atoms with van der Waals surface area (Å²) in [5, 5.41) is 1.22. The van der Waals surface area contributed by atoms with Crippen molar-refractivity contribution < 1.29 is 0 Å². The van der Waals surface area contributed by atoms with Crippen molar-refractivity contribution in [2.75, 3.05) is 13.1 Å². The summed E-state index contributed by atoms with van der Waals surface area (Å²) in [7, 11) is 0. The number of hydrogen-bond donors (Lipinski definition) is 1. The second kappa shape index (κ2) is 6.53. The van der Waals surface area contributed by atoms with E-state index in [2.05, 4.69) is 41.1 Å². The molecule has 0 spiro atoms. The van der Waals surface area contributed by atoms with Crippen molar-refractivity contribution in [2.45, 2.75) is 25.9 Å². The van der Waals surface area contributed by atoms with Crippen LogP contribution >= 0.6 is 12.4 Å². The zero-order chi connectivity index (χ0) is 13.2. The molecule has 0 radical (unpaired) electrons. The van der Waals surface area contributed by atoms with Gasteiger partial charge in [-0.2, -0.15) is 0 Å². The molecular formula is C16H22ClN3. The average Bonchev–Trinajstić information content (AvgIpc) is 2.87. The molecule has 2 atom stereocenters. The molecule has 1 aromatic carbocycles. The Morgan fingerprint density at radius 2 is 2.25 bits per heavy atom. The average molecular weight is 292 g/mol. The lowest BCUT2D eigenvalue weighted by Crippen LogP contribution is -2.29. The molecule has 2 aromatic rings. The van der Waals surface area contributed by atoms with Crippen molar-refractivity contribution in [1.82, 2.24) is 9.88 Å². The van der Waals surface area contributed by atoms with Crippen LogP contribution in [0.15, 0.2) is 36.5 Å². The van der Waals surface area contributed by atoms with Crippen LogP contribution in [0.25, 0.3) is 10.9 Å². The van der Waals surface area contributed by atoms with Gasteiger partial charge in [-0.25, -0.2) is 0 Å². The van der Waals surface area contributed by atoms with E-state index in [0.717, 1.165) is 25.2 Å². The van der Waals surface area contributed by atoms with Crippen LogP contribution < -0.4 is 5.73 Å². The van der Waals surface area contributed by atoms with E-state index in [1.165, 1.54) is 17.4 Å². The highest BCUT2D eigenvalue weighted by Gasteiger charge is 2.24. The van der Waals surface area contributed by atoms with Crippen LogP contribution in [0.4, 0.5) is 0 Å². The van der Waals surface area contributed by atoms with Gasteiger partial charge in [0.05, 0.1) is 5.52 Å². The first-order valence-corrected chi connectivity index (χ1v) is 7.04. The largest absolute Gasteiger partial charge is 0.328 e. The molecule has 0 saturated carbocycles. The molecule has 1 saturated heterocycles. The summed E-state index contributed by atoms with van der Waals surface area (Å²) in [4.78, 5) is 6.86. The molecule has 1 aromatic heterocycles. The number of fused-ring (bicyclic) bond motifs is 1. The second-order valence-corrected chi connectivity index (χ2v) is 5.67. The number of rotatable bonds is 3. The zero-order valence-corrected chi connectivity index (χ0v) is 12.6. The van der Waals surface area contributed by atoms with Gasteiger partial charge < -0.3 is 5.73 Å². The molecule has 1 fully saturated rings. The minimum Gasteiger partial charge on any atom is -0.328 e. The highest BCUT2D eigenvalue weighted by Crippen LogP contribution is 2.22. The van der Waals surface area contributed by atoms with Crippen LogP contribution in [0.1, 0.15) is 18.9 Å². The van der Waals surface area contributed by atoms with Crippen LogP contribution in [0.5, 0.6) is 0 Å². The number of hydrogen-bond acceptors (Lipinski definition) is 3. The van der Waals surface area contributed by atoms with Gasteiger partial charge in [0, 0.05) is 30.7 Å². The predicted octanol–water partition coefficient (Wildman–Crippen LogP) is 2.83. The van der Waals surface area contributed by atoms with Crippen LogP contribution in [-0.2, 0) is 6.54 Å². The number of benzene rings is 1. The van der Waals surface area contributed by atoms with E-state index in [4.69, 9.17) is 5.73 Å². The Morgan fingerprint density at radius 1 is 1.40 bits per heavy atom. The molecule has 3 rings (SSSR count). The Hall–Kier alpha value is -1.16. The number of aromatic nitrogens is 1. The molecule has 20 heavy (non-hydrogen) atoms. The standard InChI is InChI=1S/C16H21N3.ClH/c1-12(17)15-6-8-19(11-15)10-13-4-5-16-14(9-13)3-2-7-18-16;/h2-5,7,9,12,15H,6,8,10-11,17H2,1H3;1H. The molecule has 3 nitrogen and oxygen atoms in total. The molecule has 4 heteroatoms. The molecule has 2 unspecified atom stereocenters.